The molecule has 0 bridgehead atoms. The van der Waals surface area contributed by atoms with Gasteiger partial charge in [-0.05, 0) is 0 Å². The fourth-order valence-electron chi connectivity index (χ4n) is 4.55. The number of halogens is 2. The molecular formula is C28H40AgF2N2. The van der Waals surface area contributed by atoms with Gasteiger partial charge in [0.1, 0.15) is 0 Å². The first-order valence-corrected chi connectivity index (χ1v) is 12.7. The normalized spacial score (nSPS) is 14.1. The monoisotopic (exact) mass is 549 g/mol. The van der Waals surface area contributed by atoms with Crippen molar-refractivity contribution < 1.29 is 29.4 Å². The van der Waals surface area contributed by atoms with E-state index < -0.39 is 6.93 Å². The second-order valence-corrected chi connectivity index (χ2v) is 10.5. The molecule has 187 valence electrons. The summed E-state index contributed by atoms with van der Waals surface area (Å²) in [7, 11) is 0. The zero-order chi connectivity index (χ0) is 24.9. The van der Waals surface area contributed by atoms with Crippen LogP contribution in [0.2, 0.25) is 0 Å². The first kappa shape index (κ1) is 27.8. The zero-order valence-corrected chi connectivity index (χ0v) is 22.8. The Hall–Kier alpha value is -1.49. The number of hydrogen-bond donors (Lipinski definition) is 0. The zero-order valence-electron chi connectivity index (χ0n) is 21.3. The van der Waals surface area contributed by atoms with Gasteiger partial charge in [0, 0.05) is 0 Å². The molecule has 0 aliphatic carbocycles. The number of nitrogens with zero attached hydrogens (tertiary/aromatic N) is 2. The van der Waals surface area contributed by atoms with Crippen molar-refractivity contribution in [1.29, 1.82) is 0 Å². The summed E-state index contributed by atoms with van der Waals surface area (Å²) in [6, 6.07) is 13.7. The predicted molar refractivity (Wildman–Crippen MR) is 136 cm³/mol. The topological polar surface area (TPSA) is 6.48 Å². The molecule has 1 heterocycles. The minimum Gasteiger partial charge on any atom is -0.214 e. The second kappa shape index (κ2) is 12.3. The molecule has 1 saturated heterocycles. The standard InChI is InChI=1S/C27H38N2.CH2F2.Ag/c1-18(2)22-11-9-12-23(19(3)4)26(22)28-15-16-29(17-28)27-24(20(5)6)13-10-14-25(27)21(7)8;2-1-3;/h9-14,18-21H,15-16H2,1-8H3;1H2;. The molecule has 0 aromatic heterocycles. The van der Waals surface area contributed by atoms with Crippen molar-refractivity contribution in [1.82, 2.24) is 0 Å². The van der Waals surface area contributed by atoms with Crippen molar-refractivity contribution >= 4 is 15.3 Å². The predicted octanol–water partition coefficient (Wildman–Crippen LogP) is 8.02. The summed E-state index contributed by atoms with van der Waals surface area (Å²) in [6.07, 6.45) is 0. The minimum absolute atomic E-state index is 0.488. The van der Waals surface area contributed by atoms with Gasteiger partial charge in [0.2, 0.25) is 6.93 Å². The molecule has 0 radical (unpaired) electrons. The number of anilines is 2. The molecule has 1 aliphatic rings. The van der Waals surface area contributed by atoms with Crippen molar-refractivity contribution in [2.45, 2.75) is 79.1 Å². The van der Waals surface area contributed by atoms with Crippen LogP contribution in [0.25, 0.3) is 0 Å². The Kier molecular flexibility index (Phi) is 10.3. The van der Waals surface area contributed by atoms with Gasteiger partial charge in [-0.15, -0.1) is 0 Å². The second-order valence-electron chi connectivity index (χ2n) is 9.83. The molecule has 1 aliphatic heterocycles. The Morgan fingerprint density at radius 1 is 0.636 bits per heavy atom. The summed E-state index contributed by atoms with van der Waals surface area (Å²) in [5, 5.41) is 0. The van der Waals surface area contributed by atoms with Crippen LogP contribution in [-0.2, 0) is 20.6 Å². The molecule has 0 spiro atoms. The minimum atomic E-state index is -1.75. The van der Waals surface area contributed by atoms with Crippen LogP contribution < -0.4 is 9.80 Å². The third-order valence-electron chi connectivity index (χ3n) is 6.18. The number of hydrogen-bond acceptors (Lipinski definition) is 2. The summed E-state index contributed by atoms with van der Waals surface area (Å²) < 4.78 is 20.4. The van der Waals surface area contributed by atoms with Crippen molar-refractivity contribution in [3.05, 3.63) is 58.7 Å². The first-order chi connectivity index (χ1) is 15.6. The molecule has 0 unspecified atom stereocenters. The van der Waals surface area contributed by atoms with E-state index in [1.54, 1.807) is 0 Å². The summed E-state index contributed by atoms with van der Waals surface area (Å²) in [5.41, 5.74) is 8.51. The molecule has 33 heavy (non-hydrogen) atoms. The maximum Gasteiger partial charge on any atom is 0.229 e. The molecule has 0 N–H and O–H groups in total. The summed E-state index contributed by atoms with van der Waals surface area (Å²) in [5.74, 6) is 1.95. The van der Waals surface area contributed by atoms with Crippen molar-refractivity contribution in [2.75, 3.05) is 29.8 Å². The molecular weight excluding hydrogens is 510 g/mol. The largest absolute Gasteiger partial charge is 0.229 e. The van der Waals surface area contributed by atoms with E-state index in [-0.39, 0.29) is 0 Å². The Morgan fingerprint density at radius 2 is 0.879 bits per heavy atom. The molecule has 2 aromatic rings. The van der Waals surface area contributed by atoms with Gasteiger partial charge in [0.05, 0.1) is 0 Å². The fraction of sp³-hybridized carbons (Fsp3) is 0.536. The van der Waals surface area contributed by atoms with E-state index in [0.29, 0.717) is 23.7 Å². The van der Waals surface area contributed by atoms with Crippen LogP contribution in [0, 0.1) is 0 Å². The molecule has 0 amide bonds. The van der Waals surface area contributed by atoms with Crippen LogP contribution in [-0.4, -0.2) is 24.0 Å². The van der Waals surface area contributed by atoms with E-state index >= 15 is 0 Å². The molecule has 2 aromatic carbocycles. The van der Waals surface area contributed by atoms with E-state index in [1.807, 2.05) is 0 Å². The molecule has 5 heteroatoms. The van der Waals surface area contributed by atoms with Gasteiger partial charge in [-0.1, -0.05) is 0 Å². The molecule has 2 nitrogen and oxygen atoms in total. The maximum absolute atomic E-state index is 9.62. The molecule has 1 fully saturated rings. The van der Waals surface area contributed by atoms with Crippen LogP contribution in [0.5, 0.6) is 0 Å². The SMILES string of the molecule is CC(C)c1cccc(C(C)C)c1N1CCN(c2c(C(C)C)cccc2C(C)C)[C]1=[Ag].FCF. The van der Waals surface area contributed by atoms with Crippen LogP contribution in [0.15, 0.2) is 36.4 Å². The van der Waals surface area contributed by atoms with Gasteiger partial charge in [-0.3, -0.25) is 0 Å². The summed E-state index contributed by atoms with van der Waals surface area (Å²) in [6.45, 7) is 18.6. The number of alkyl halides is 2. The van der Waals surface area contributed by atoms with Gasteiger partial charge in [-0.25, -0.2) is 8.78 Å². The third-order valence-corrected chi connectivity index (χ3v) is 6.98. The van der Waals surface area contributed by atoms with Gasteiger partial charge in [0.25, 0.3) is 0 Å². The van der Waals surface area contributed by atoms with Gasteiger partial charge in [0.15, 0.2) is 0 Å². The third kappa shape index (κ3) is 6.15. The molecule has 0 atom stereocenters. The Labute approximate surface area is 211 Å². The van der Waals surface area contributed by atoms with Crippen LogP contribution in [0.4, 0.5) is 20.2 Å². The van der Waals surface area contributed by atoms with Gasteiger partial charge < -0.3 is 0 Å². The molecule has 0 saturated carbocycles. The Morgan fingerprint density at radius 3 is 1.09 bits per heavy atom. The van der Waals surface area contributed by atoms with E-state index in [9.17, 15) is 8.78 Å². The maximum atomic E-state index is 9.62. The van der Waals surface area contributed by atoms with Crippen LogP contribution >= 0.6 is 0 Å². The van der Waals surface area contributed by atoms with Crippen LogP contribution in [0.3, 0.4) is 0 Å². The van der Waals surface area contributed by atoms with Crippen molar-refractivity contribution in [3.63, 3.8) is 0 Å². The quantitative estimate of drug-likeness (QED) is 0.336. The van der Waals surface area contributed by atoms with E-state index in [4.69, 9.17) is 0 Å². The number of para-hydroxylation sites is 2. The molecule has 3 rings (SSSR count). The average molecular weight is 551 g/mol. The summed E-state index contributed by atoms with van der Waals surface area (Å²) >= 11 is 4.07. The fourth-order valence-corrected chi connectivity index (χ4v) is 5.21. The number of rotatable bonds is 6. The van der Waals surface area contributed by atoms with Crippen molar-refractivity contribution in [3.8, 4) is 0 Å². The van der Waals surface area contributed by atoms with E-state index in [1.165, 1.54) is 37.6 Å². The van der Waals surface area contributed by atoms with Crippen LogP contribution in [0.1, 0.15) is 101 Å². The summed E-state index contributed by atoms with van der Waals surface area (Å²) in [4.78, 5) is 5.01. The smallest absolute Gasteiger partial charge is 0.214 e. The van der Waals surface area contributed by atoms with Crippen molar-refractivity contribution in [2.24, 2.45) is 0 Å². The Bertz CT molecular complexity index is 811. The van der Waals surface area contributed by atoms with Gasteiger partial charge in [-0.2, -0.15) is 0 Å². The van der Waals surface area contributed by atoms with Gasteiger partial charge >= 0.3 is 197 Å². The Balaban J connectivity index is 0.00000122. The first-order valence-electron chi connectivity index (χ1n) is 12.0. The van der Waals surface area contributed by atoms with E-state index in [2.05, 4.69) is 122 Å². The number of benzene rings is 2. The average Bonchev–Trinajstić information content (AvgIpc) is 3.13. The van der Waals surface area contributed by atoms with E-state index in [0.717, 1.165) is 13.1 Å².